The average Bonchev–Trinajstić information content (AvgIpc) is 2.29. The molecular formula is C9H6N4O4. The summed E-state index contributed by atoms with van der Waals surface area (Å²) in [5.41, 5.74) is -1.03. The van der Waals surface area contributed by atoms with Gasteiger partial charge in [0, 0.05) is 19.1 Å². The summed E-state index contributed by atoms with van der Waals surface area (Å²) in [5.74, 6) is 0. The topological polar surface area (TPSA) is 134 Å². The molecule has 0 aliphatic rings. The van der Waals surface area contributed by atoms with Crippen LogP contribution in [0, 0.1) is 42.9 Å². The lowest BCUT2D eigenvalue weighted by molar-refractivity contribution is -0.394. The van der Waals surface area contributed by atoms with Crippen molar-refractivity contribution in [3.8, 4) is 12.1 Å². The SMILES string of the molecule is CC#N.N#Cc1cc([N+](=O)[O-])cc([N+](=O)[O-])c1. The van der Waals surface area contributed by atoms with Gasteiger partial charge < -0.3 is 0 Å². The second kappa shape index (κ2) is 6.48. The fourth-order valence-electron chi connectivity index (χ4n) is 0.871. The van der Waals surface area contributed by atoms with E-state index in [9.17, 15) is 20.2 Å². The second-order valence-corrected chi connectivity index (χ2v) is 2.59. The molecule has 0 unspecified atom stereocenters. The van der Waals surface area contributed by atoms with Gasteiger partial charge in [0.25, 0.3) is 11.4 Å². The van der Waals surface area contributed by atoms with E-state index in [2.05, 4.69) is 0 Å². The van der Waals surface area contributed by atoms with E-state index in [4.69, 9.17) is 10.5 Å². The van der Waals surface area contributed by atoms with Crippen molar-refractivity contribution in [2.24, 2.45) is 0 Å². The Morgan fingerprint density at radius 1 is 1.06 bits per heavy atom. The van der Waals surface area contributed by atoms with Crippen molar-refractivity contribution < 1.29 is 9.85 Å². The molecule has 0 saturated carbocycles. The Kier molecular flexibility index (Phi) is 5.33. The number of nitro groups is 2. The number of rotatable bonds is 2. The predicted molar refractivity (Wildman–Crippen MR) is 55.8 cm³/mol. The molecule has 0 amide bonds. The third-order valence-corrected chi connectivity index (χ3v) is 1.45. The maximum atomic E-state index is 10.3. The molecule has 0 aromatic heterocycles. The Labute approximate surface area is 95.6 Å². The van der Waals surface area contributed by atoms with Crippen LogP contribution < -0.4 is 0 Å². The van der Waals surface area contributed by atoms with Gasteiger partial charge in [0.15, 0.2) is 0 Å². The van der Waals surface area contributed by atoms with Crippen LogP contribution in [0.1, 0.15) is 12.5 Å². The molecule has 0 radical (unpaired) electrons. The zero-order chi connectivity index (χ0) is 13.4. The van der Waals surface area contributed by atoms with Crippen molar-refractivity contribution in [2.45, 2.75) is 6.92 Å². The van der Waals surface area contributed by atoms with E-state index < -0.39 is 21.2 Å². The van der Waals surface area contributed by atoms with Crippen molar-refractivity contribution in [3.63, 3.8) is 0 Å². The lowest BCUT2D eigenvalue weighted by atomic mass is 10.2. The van der Waals surface area contributed by atoms with Crippen molar-refractivity contribution in [2.75, 3.05) is 0 Å². The number of hydrogen-bond donors (Lipinski definition) is 0. The number of hydrogen-bond acceptors (Lipinski definition) is 6. The number of non-ortho nitro benzene ring substituents is 2. The standard InChI is InChI=1S/C7H3N3O4.C2H3N/c8-4-5-1-6(9(11)12)3-7(2-5)10(13)14;1-2-3/h1-3H;1H3. The maximum Gasteiger partial charge on any atom is 0.277 e. The minimum absolute atomic E-state index is 0.106. The van der Waals surface area contributed by atoms with E-state index in [1.54, 1.807) is 12.1 Å². The monoisotopic (exact) mass is 234 g/mol. The molecule has 0 saturated heterocycles. The fourth-order valence-corrected chi connectivity index (χ4v) is 0.871. The molecule has 8 heteroatoms. The van der Waals surface area contributed by atoms with Crippen LogP contribution in [-0.4, -0.2) is 9.85 Å². The van der Waals surface area contributed by atoms with E-state index in [1.807, 2.05) is 0 Å². The van der Waals surface area contributed by atoms with Crippen LogP contribution in [0.25, 0.3) is 0 Å². The maximum absolute atomic E-state index is 10.3. The first-order valence-electron chi connectivity index (χ1n) is 4.11. The molecule has 0 aliphatic carbocycles. The third kappa shape index (κ3) is 4.36. The molecule has 0 N–H and O–H groups in total. The second-order valence-electron chi connectivity index (χ2n) is 2.59. The molecule has 0 fully saturated rings. The zero-order valence-electron chi connectivity index (χ0n) is 8.65. The minimum atomic E-state index is -0.784. The van der Waals surface area contributed by atoms with E-state index in [0.29, 0.717) is 0 Å². The Balaban J connectivity index is 0.000000770. The van der Waals surface area contributed by atoms with Crippen LogP contribution in [0.15, 0.2) is 18.2 Å². The smallest absolute Gasteiger partial charge is 0.258 e. The van der Waals surface area contributed by atoms with E-state index >= 15 is 0 Å². The zero-order valence-corrected chi connectivity index (χ0v) is 8.65. The van der Waals surface area contributed by atoms with Crippen LogP contribution in [0.2, 0.25) is 0 Å². The molecule has 1 rings (SSSR count). The Morgan fingerprint density at radius 3 is 1.65 bits per heavy atom. The third-order valence-electron chi connectivity index (χ3n) is 1.45. The van der Waals surface area contributed by atoms with Gasteiger partial charge in [-0.2, -0.15) is 10.5 Å². The highest BCUT2D eigenvalue weighted by Gasteiger charge is 2.15. The van der Waals surface area contributed by atoms with Gasteiger partial charge in [-0.25, -0.2) is 0 Å². The molecule has 0 heterocycles. The summed E-state index contributed by atoms with van der Waals surface area (Å²) >= 11 is 0. The van der Waals surface area contributed by atoms with Gasteiger partial charge >= 0.3 is 0 Å². The summed E-state index contributed by atoms with van der Waals surface area (Å²) in [6, 6.07) is 6.12. The molecular weight excluding hydrogens is 228 g/mol. The first-order valence-corrected chi connectivity index (χ1v) is 4.11. The Hall–Kier alpha value is -3.00. The molecule has 17 heavy (non-hydrogen) atoms. The molecule has 0 bridgehead atoms. The first-order chi connectivity index (χ1) is 7.96. The van der Waals surface area contributed by atoms with Crippen LogP contribution in [0.3, 0.4) is 0 Å². The van der Waals surface area contributed by atoms with E-state index in [-0.39, 0.29) is 5.56 Å². The summed E-state index contributed by atoms with van der Waals surface area (Å²) in [4.78, 5) is 19.1. The molecule has 0 atom stereocenters. The average molecular weight is 234 g/mol. The van der Waals surface area contributed by atoms with Crippen LogP contribution >= 0.6 is 0 Å². The quantitative estimate of drug-likeness (QED) is 0.566. The van der Waals surface area contributed by atoms with E-state index in [1.165, 1.54) is 6.92 Å². The Morgan fingerprint density at radius 2 is 1.41 bits per heavy atom. The number of nitriles is 2. The Bertz CT molecular complexity index is 495. The van der Waals surface area contributed by atoms with Gasteiger partial charge in [0.05, 0.1) is 33.6 Å². The summed E-state index contributed by atoms with van der Waals surface area (Å²) in [7, 11) is 0. The summed E-state index contributed by atoms with van der Waals surface area (Å²) in [6.45, 7) is 1.43. The van der Waals surface area contributed by atoms with Gasteiger partial charge in [0.1, 0.15) is 0 Å². The fraction of sp³-hybridized carbons (Fsp3) is 0.111. The number of nitrogens with zero attached hydrogens (tertiary/aromatic N) is 4. The van der Waals surface area contributed by atoms with Gasteiger partial charge in [0.2, 0.25) is 0 Å². The van der Waals surface area contributed by atoms with E-state index in [0.717, 1.165) is 18.2 Å². The molecule has 1 aromatic rings. The lowest BCUT2D eigenvalue weighted by Crippen LogP contribution is -1.93. The molecule has 86 valence electrons. The van der Waals surface area contributed by atoms with Crippen LogP contribution in [0.4, 0.5) is 11.4 Å². The van der Waals surface area contributed by atoms with Crippen molar-refractivity contribution in [1.29, 1.82) is 10.5 Å². The highest BCUT2D eigenvalue weighted by Crippen LogP contribution is 2.21. The molecule has 1 aromatic carbocycles. The molecule has 0 aliphatic heterocycles. The summed E-state index contributed by atoms with van der Waals surface area (Å²) in [5, 5.41) is 36.4. The highest BCUT2D eigenvalue weighted by atomic mass is 16.6. The van der Waals surface area contributed by atoms with Gasteiger partial charge in [-0.3, -0.25) is 20.2 Å². The van der Waals surface area contributed by atoms with Gasteiger partial charge in [-0.15, -0.1) is 0 Å². The van der Waals surface area contributed by atoms with Crippen molar-refractivity contribution in [1.82, 2.24) is 0 Å². The summed E-state index contributed by atoms with van der Waals surface area (Å²) < 4.78 is 0. The molecule has 8 nitrogen and oxygen atoms in total. The lowest BCUT2D eigenvalue weighted by Gasteiger charge is -1.93. The minimum Gasteiger partial charge on any atom is -0.258 e. The highest BCUT2D eigenvalue weighted by molar-refractivity contribution is 5.50. The van der Waals surface area contributed by atoms with Crippen LogP contribution in [-0.2, 0) is 0 Å². The number of benzene rings is 1. The predicted octanol–water partition coefficient (Wildman–Crippen LogP) is 1.90. The van der Waals surface area contributed by atoms with Gasteiger partial charge in [-0.1, -0.05) is 0 Å². The summed E-state index contributed by atoms with van der Waals surface area (Å²) in [6.07, 6.45) is 0. The van der Waals surface area contributed by atoms with Crippen molar-refractivity contribution >= 4 is 11.4 Å². The van der Waals surface area contributed by atoms with Gasteiger partial charge in [-0.05, 0) is 0 Å². The first kappa shape index (κ1) is 14.0. The van der Waals surface area contributed by atoms with Crippen molar-refractivity contribution in [3.05, 3.63) is 44.0 Å². The largest absolute Gasteiger partial charge is 0.277 e. The van der Waals surface area contributed by atoms with Crippen LogP contribution in [0.5, 0.6) is 0 Å². The molecule has 0 spiro atoms. The normalized spacial score (nSPS) is 7.94. The number of nitro benzene ring substituents is 2.